The number of nitrogens with one attached hydrogen (secondary N) is 2. The van der Waals surface area contributed by atoms with E-state index < -0.39 is 0 Å². The summed E-state index contributed by atoms with van der Waals surface area (Å²) in [4.78, 5) is 13.2. The third-order valence-electron chi connectivity index (χ3n) is 4.78. The van der Waals surface area contributed by atoms with Gasteiger partial charge in [0.15, 0.2) is 0 Å². The standard InChI is InChI=1S/C21H23N5OS/c1-12-5-7-16(8-6-12)18-19(28-21-24-23-15(4)26(21)25-18)20(27)22-17-10-13(2)9-14(3)11-17/h5-11,18-19,25H,1-4H3,(H,22,27)/t18-,19+/m0/s1. The van der Waals surface area contributed by atoms with Crippen molar-refractivity contribution >= 4 is 23.4 Å². The van der Waals surface area contributed by atoms with E-state index in [4.69, 9.17) is 0 Å². The normalized spacial score (nSPS) is 18.3. The lowest BCUT2D eigenvalue weighted by Gasteiger charge is -2.32. The first-order chi connectivity index (χ1) is 13.4. The topological polar surface area (TPSA) is 71.8 Å². The monoisotopic (exact) mass is 393 g/mol. The number of fused-ring (bicyclic) bond motifs is 1. The van der Waals surface area contributed by atoms with Gasteiger partial charge in [0.25, 0.3) is 0 Å². The highest BCUT2D eigenvalue weighted by Crippen LogP contribution is 2.37. The zero-order valence-corrected chi connectivity index (χ0v) is 17.2. The molecule has 0 aliphatic carbocycles. The number of benzene rings is 2. The molecular formula is C21H23N5OS. The SMILES string of the molecule is Cc1ccc([C@@H]2Nn3c(C)nnc3S[C@H]2C(=O)Nc2cc(C)cc(C)c2)cc1. The number of aryl methyl sites for hydroxylation is 4. The Bertz CT molecular complexity index is 1010. The molecule has 2 N–H and O–H groups in total. The van der Waals surface area contributed by atoms with E-state index in [-0.39, 0.29) is 17.2 Å². The predicted octanol–water partition coefficient (Wildman–Crippen LogP) is 3.91. The third kappa shape index (κ3) is 3.62. The second-order valence-electron chi connectivity index (χ2n) is 7.29. The summed E-state index contributed by atoms with van der Waals surface area (Å²) in [6.07, 6.45) is 0. The van der Waals surface area contributed by atoms with Gasteiger partial charge in [0.2, 0.25) is 11.1 Å². The first kappa shape index (κ1) is 18.6. The van der Waals surface area contributed by atoms with Crippen molar-refractivity contribution < 1.29 is 4.79 Å². The van der Waals surface area contributed by atoms with Crippen LogP contribution in [0.25, 0.3) is 0 Å². The second-order valence-corrected chi connectivity index (χ2v) is 8.40. The van der Waals surface area contributed by atoms with Crippen LogP contribution in [0.3, 0.4) is 0 Å². The molecule has 0 bridgehead atoms. The van der Waals surface area contributed by atoms with Gasteiger partial charge in [0.1, 0.15) is 11.1 Å². The zero-order valence-electron chi connectivity index (χ0n) is 16.4. The molecule has 0 saturated heterocycles. The van der Waals surface area contributed by atoms with E-state index in [9.17, 15) is 4.79 Å². The summed E-state index contributed by atoms with van der Waals surface area (Å²) in [7, 11) is 0. The van der Waals surface area contributed by atoms with Gasteiger partial charge in [-0.2, -0.15) is 0 Å². The molecule has 1 amide bonds. The first-order valence-electron chi connectivity index (χ1n) is 9.21. The molecule has 1 aromatic heterocycles. The Morgan fingerprint density at radius 2 is 1.68 bits per heavy atom. The lowest BCUT2D eigenvalue weighted by Crippen LogP contribution is -2.41. The number of aromatic nitrogens is 3. The number of carbonyl (C=O) groups excluding carboxylic acids is 1. The van der Waals surface area contributed by atoms with E-state index in [0.717, 1.165) is 28.2 Å². The smallest absolute Gasteiger partial charge is 0.240 e. The van der Waals surface area contributed by atoms with Gasteiger partial charge >= 0.3 is 0 Å². The summed E-state index contributed by atoms with van der Waals surface area (Å²) in [5, 5.41) is 11.7. The Morgan fingerprint density at radius 1 is 1.00 bits per heavy atom. The van der Waals surface area contributed by atoms with Crippen LogP contribution in [0.2, 0.25) is 0 Å². The average molecular weight is 394 g/mol. The number of thioether (sulfide) groups is 1. The Morgan fingerprint density at radius 3 is 2.36 bits per heavy atom. The summed E-state index contributed by atoms with van der Waals surface area (Å²) >= 11 is 1.44. The molecule has 0 spiro atoms. The zero-order chi connectivity index (χ0) is 19.8. The average Bonchev–Trinajstić information content (AvgIpc) is 3.01. The van der Waals surface area contributed by atoms with Crippen LogP contribution in [-0.4, -0.2) is 26.0 Å². The Hall–Kier alpha value is -2.80. The number of anilines is 1. The van der Waals surface area contributed by atoms with Gasteiger partial charge in [-0.05, 0) is 56.5 Å². The fourth-order valence-electron chi connectivity index (χ4n) is 3.44. The summed E-state index contributed by atoms with van der Waals surface area (Å²) in [5.41, 5.74) is 8.72. The number of rotatable bonds is 3. The molecule has 4 rings (SSSR count). The molecule has 144 valence electrons. The maximum Gasteiger partial charge on any atom is 0.240 e. The van der Waals surface area contributed by atoms with Gasteiger partial charge in [-0.1, -0.05) is 47.7 Å². The molecular weight excluding hydrogens is 370 g/mol. The Balaban J connectivity index is 1.67. The number of hydrogen-bond donors (Lipinski definition) is 2. The summed E-state index contributed by atoms with van der Waals surface area (Å²) in [6, 6.07) is 14.1. The summed E-state index contributed by atoms with van der Waals surface area (Å²) in [5.74, 6) is 0.716. The van der Waals surface area contributed by atoms with Crippen molar-refractivity contribution in [3.63, 3.8) is 0 Å². The highest BCUT2D eigenvalue weighted by Gasteiger charge is 2.37. The highest BCUT2D eigenvalue weighted by atomic mass is 32.2. The summed E-state index contributed by atoms with van der Waals surface area (Å²) < 4.78 is 1.86. The van der Waals surface area contributed by atoms with Crippen LogP contribution in [0.1, 0.15) is 34.1 Å². The van der Waals surface area contributed by atoms with E-state index >= 15 is 0 Å². The lowest BCUT2D eigenvalue weighted by molar-refractivity contribution is -0.116. The van der Waals surface area contributed by atoms with Crippen LogP contribution in [0, 0.1) is 27.7 Å². The first-order valence-corrected chi connectivity index (χ1v) is 10.1. The van der Waals surface area contributed by atoms with Crippen molar-refractivity contribution in [2.45, 2.75) is 44.1 Å². The molecule has 6 nitrogen and oxygen atoms in total. The van der Waals surface area contributed by atoms with Crippen LogP contribution in [0.5, 0.6) is 0 Å². The fourth-order valence-corrected chi connectivity index (χ4v) is 4.57. The molecule has 0 fully saturated rings. The van der Waals surface area contributed by atoms with Crippen molar-refractivity contribution in [2.24, 2.45) is 0 Å². The Kier molecular flexibility index (Phi) is 4.85. The van der Waals surface area contributed by atoms with Crippen molar-refractivity contribution in [1.29, 1.82) is 0 Å². The number of nitrogens with zero attached hydrogens (tertiary/aromatic N) is 3. The van der Waals surface area contributed by atoms with Crippen molar-refractivity contribution in [3.05, 3.63) is 70.5 Å². The number of carbonyl (C=O) groups is 1. The molecule has 7 heteroatoms. The van der Waals surface area contributed by atoms with Gasteiger partial charge in [0.05, 0.1) is 6.04 Å². The van der Waals surface area contributed by atoms with Crippen LogP contribution >= 0.6 is 11.8 Å². The molecule has 2 atom stereocenters. The van der Waals surface area contributed by atoms with Gasteiger partial charge in [-0.15, -0.1) is 10.2 Å². The van der Waals surface area contributed by atoms with E-state index in [1.165, 1.54) is 17.3 Å². The molecule has 1 aliphatic rings. The van der Waals surface area contributed by atoms with Crippen LogP contribution in [-0.2, 0) is 4.79 Å². The van der Waals surface area contributed by atoms with Gasteiger partial charge in [-0.3, -0.25) is 4.79 Å². The quantitative estimate of drug-likeness (QED) is 0.706. The molecule has 2 heterocycles. The number of amides is 1. The van der Waals surface area contributed by atoms with Crippen molar-refractivity contribution in [1.82, 2.24) is 14.9 Å². The number of hydrogen-bond acceptors (Lipinski definition) is 5. The molecule has 0 unspecified atom stereocenters. The lowest BCUT2D eigenvalue weighted by atomic mass is 10.0. The third-order valence-corrected chi connectivity index (χ3v) is 6.00. The summed E-state index contributed by atoms with van der Waals surface area (Å²) in [6.45, 7) is 8.01. The van der Waals surface area contributed by atoms with Crippen molar-refractivity contribution in [2.75, 3.05) is 10.7 Å². The maximum absolute atomic E-state index is 13.2. The predicted molar refractivity (Wildman–Crippen MR) is 112 cm³/mol. The molecule has 0 saturated carbocycles. The van der Waals surface area contributed by atoms with Crippen LogP contribution < -0.4 is 10.7 Å². The van der Waals surface area contributed by atoms with Gasteiger partial charge < -0.3 is 10.7 Å². The van der Waals surface area contributed by atoms with E-state index in [1.54, 1.807) is 0 Å². The molecule has 2 aromatic carbocycles. The van der Waals surface area contributed by atoms with Crippen molar-refractivity contribution in [3.8, 4) is 0 Å². The maximum atomic E-state index is 13.2. The fraction of sp³-hybridized carbons (Fsp3) is 0.286. The van der Waals surface area contributed by atoms with Crippen LogP contribution in [0.4, 0.5) is 5.69 Å². The second kappa shape index (κ2) is 7.31. The van der Waals surface area contributed by atoms with Crippen LogP contribution in [0.15, 0.2) is 47.6 Å². The molecule has 0 radical (unpaired) electrons. The molecule has 28 heavy (non-hydrogen) atoms. The Labute approximate surface area is 168 Å². The van der Waals surface area contributed by atoms with E-state index in [1.807, 2.05) is 37.6 Å². The largest absolute Gasteiger partial charge is 0.325 e. The van der Waals surface area contributed by atoms with E-state index in [0.29, 0.717) is 5.16 Å². The minimum absolute atomic E-state index is 0.0556. The highest BCUT2D eigenvalue weighted by molar-refractivity contribution is 8.00. The van der Waals surface area contributed by atoms with Gasteiger partial charge in [0, 0.05) is 5.69 Å². The van der Waals surface area contributed by atoms with E-state index in [2.05, 4.69) is 58.2 Å². The minimum Gasteiger partial charge on any atom is -0.325 e. The molecule has 1 aliphatic heterocycles. The minimum atomic E-state index is -0.375. The van der Waals surface area contributed by atoms with Gasteiger partial charge in [-0.25, -0.2) is 4.68 Å². The molecule has 3 aromatic rings.